The monoisotopic (exact) mass is 340 g/mol. The molecule has 0 bridgehead atoms. The van der Waals surface area contributed by atoms with E-state index in [0.717, 1.165) is 11.4 Å². The third kappa shape index (κ3) is 2.00. The average molecular weight is 340 g/mol. The van der Waals surface area contributed by atoms with Gasteiger partial charge in [-0.25, -0.2) is 0 Å². The van der Waals surface area contributed by atoms with Crippen LogP contribution in [-0.2, 0) is 5.54 Å². The molecule has 0 saturated carbocycles. The van der Waals surface area contributed by atoms with Crippen molar-refractivity contribution >= 4 is 16.6 Å². The van der Waals surface area contributed by atoms with E-state index in [9.17, 15) is 0 Å². The van der Waals surface area contributed by atoms with E-state index in [1.807, 2.05) is 6.07 Å². The Labute approximate surface area is 152 Å². The summed E-state index contributed by atoms with van der Waals surface area (Å²) in [4.78, 5) is 0. The number of methoxy groups -OCH3 is 1. The maximum Gasteiger partial charge on any atom is 0.119 e. The number of para-hydroxylation sites is 2. The molecule has 1 aromatic heterocycles. The van der Waals surface area contributed by atoms with Gasteiger partial charge >= 0.3 is 0 Å². The second kappa shape index (κ2) is 5.40. The van der Waals surface area contributed by atoms with E-state index in [1.54, 1.807) is 7.11 Å². The lowest BCUT2D eigenvalue weighted by molar-refractivity contribution is 0.415. The fourth-order valence-corrected chi connectivity index (χ4v) is 4.05. The first-order valence-electron chi connectivity index (χ1n) is 8.84. The number of hydrogen-bond donors (Lipinski definition) is 1. The van der Waals surface area contributed by atoms with Crippen molar-refractivity contribution < 1.29 is 4.74 Å². The molecule has 128 valence electrons. The Hall–Kier alpha value is -3.20. The summed E-state index contributed by atoms with van der Waals surface area (Å²) in [6, 6.07) is 27.7. The van der Waals surface area contributed by atoms with Gasteiger partial charge in [0.1, 0.15) is 11.3 Å². The predicted molar refractivity (Wildman–Crippen MR) is 106 cm³/mol. The maximum absolute atomic E-state index is 5.44. The molecule has 1 unspecified atom stereocenters. The molecule has 4 aromatic rings. The number of rotatable bonds is 2. The van der Waals surface area contributed by atoms with Crippen LogP contribution in [0.25, 0.3) is 16.6 Å². The van der Waals surface area contributed by atoms with Crippen molar-refractivity contribution in [2.75, 3.05) is 12.4 Å². The molecule has 0 spiro atoms. The largest absolute Gasteiger partial charge is 0.497 e. The van der Waals surface area contributed by atoms with Crippen LogP contribution in [0.3, 0.4) is 0 Å². The van der Waals surface area contributed by atoms with Crippen LogP contribution in [0.5, 0.6) is 5.75 Å². The number of fused-ring (bicyclic) bond motifs is 5. The first-order chi connectivity index (χ1) is 12.7. The Balaban J connectivity index is 1.87. The number of nitrogens with zero attached hydrogens (tertiary/aromatic N) is 1. The molecule has 0 fully saturated rings. The summed E-state index contributed by atoms with van der Waals surface area (Å²) in [5.74, 6) is 0.878. The second-order valence-corrected chi connectivity index (χ2v) is 6.92. The van der Waals surface area contributed by atoms with Crippen LogP contribution in [0, 0.1) is 0 Å². The van der Waals surface area contributed by atoms with Gasteiger partial charge < -0.3 is 14.6 Å². The highest BCUT2D eigenvalue weighted by atomic mass is 16.5. The molecule has 3 heteroatoms. The van der Waals surface area contributed by atoms with Gasteiger partial charge in [-0.3, -0.25) is 0 Å². The number of hydrogen-bond acceptors (Lipinski definition) is 2. The highest BCUT2D eigenvalue weighted by Crippen LogP contribution is 2.44. The molecule has 1 N–H and O–H groups in total. The van der Waals surface area contributed by atoms with Gasteiger partial charge in [-0.05, 0) is 48.9 Å². The highest BCUT2D eigenvalue weighted by Gasteiger charge is 2.37. The average Bonchev–Trinajstić information content (AvgIpc) is 3.08. The van der Waals surface area contributed by atoms with Crippen LogP contribution >= 0.6 is 0 Å². The van der Waals surface area contributed by atoms with Gasteiger partial charge in [0, 0.05) is 5.39 Å². The number of anilines is 1. The molecule has 2 heterocycles. The van der Waals surface area contributed by atoms with Gasteiger partial charge in [-0.15, -0.1) is 0 Å². The van der Waals surface area contributed by atoms with E-state index >= 15 is 0 Å². The zero-order chi connectivity index (χ0) is 17.7. The minimum Gasteiger partial charge on any atom is -0.497 e. The fraction of sp³-hybridized carbons (Fsp3) is 0.130. The van der Waals surface area contributed by atoms with Crippen molar-refractivity contribution in [2.45, 2.75) is 12.5 Å². The van der Waals surface area contributed by atoms with Gasteiger partial charge in [-0.2, -0.15) is 0 Å². The van der Waals surface area contributed by atoms with Crippen LogP contribution in [0.2, 0.25) is 0 Å². The second-order valence-electron chi connectivity index (χ2n) is 6.92. The third-order valence-electron chi connectivity index (χ3n) is 5.40. The van der Waals surface area contributed by atoms with Crippen LogP contribution in [0.1, 0.15) is 18.2 Å². The molecule has 0 aliphatic carbocycles. The van der Waals surface area contributed by atoms with Crippen molar-refractivity contribution in [2.24, 2.45) is 0 Å². The van der Waals surface area contributed by atoms with E-state index < -0.39 is 0 Å². The first kappa shape index (κ1) is 15.1. The number of ether oxygens (including phenoxy) is 1. The minimum atomic E-state index is -0.318. The smallest absolute Gasteiger partial charge is 0.119 e. The molecule has 3 nitrogen and oxygen atoms in total. The normalized spacial score (nSPS) is 18.1. The molecular formula is C23H20N2O. The summed E-state index contributed by atoms with van der Waals surface area (Å²) >= 11 is 0. The van der Waals surface area contributed by atoms with Crippen LogP contribution in [0.15, 0.2) is 78.9 Å². The summed E-state index contributed by atoms with van der Waals surface area (Å²) in [6.07, 6.45) is 0. The van der Waals surface area contributed by atoms with Crippen LogP contribution in [-0.4, -0.2) is 11.7 Å². The van der Waals surface area contributed by atoms with Crippen molar-refractivity contribution in [3.63, 3.8) is 0 Å². The van der Waals surface area contributed by atoms with Gasteiger partial charge in [0.2, 0.25) is 0 Å². The van der Waals surface area contributed by atoms with Gasteiger partial charge in [0.05, 0.1) is 29.7 Å². The zero-order valence-corrected chi connectivity index (χ0v) is 14.9. The Morgan fingerprint density at radius 2 is 1.65 bits per heavy atom. The number of aromatic nitrogens is 1. The standard InChI is InChI=1S/C23H20N2O/c1-23(17-8-4-3-5-9-17)22-15-16-14-18(26-2)12-13-20(16)25(22)21-11-7-6-10-19(21)24-23/h3-15,24H,1-2H3. The molecule has 1 atom stereocenters. The fourth-order valence-electron chi connectivity index (χ4n) is 4.05. The predicted octanol–water partition coefficient (Wildman–Crippen LogP) is 5.33. The molecule has 0 radical (unpaired) electrons. The molecular weight excluding hydrogens is 320 g/mol. The Bertz CT molecular complexity index is 1110. The first-order valence-corrected chi connectivity index (χ1v) is 8.84. The van der Waals surface area contributed by atoms with E-state index in [-0.39, 0.29) is 5.54 Å². The SMILES string of the molecule is COc1ccc2c(c1)cc1n2-c2ccccc2NC1(C)c1ccccc1. The van der Waals surface area contributed by atoms with Gasteiger partial charge in [-0.1, -0.05) is 42.5 Å². The van der Waals surface area contributed by atoms with Gasteiger partial charge in [0.25, 0.3) is 0 Å². The van der Waals surface area contributed by atoms with E-state index in [0.29, 0.717) is 0 Å². The lowest BCUT2D eigenvalue weighted by Gasteiger charge is -2.39. The van der Waals surface area contributed by atoms with Crippen molar-refractivity contribution in [1.29, 1.82) is 0 Å². The summed E-state index contributed by atoms with van der Waals surface area (Å²) in [6.45, 7) is 2.25. The summed E-state index contributed by atoms with van der Waals surface area (Å²) in [5, 5.41) is 4.96. The molecule has 0 saturated heterocycles. The topological polar surface area (TPSA) is 26.2 Å². The molecule has 1 aliphatic rings. The molecule has 0 amide bonds. The number of benzene rings is 3. The van der Waals surface area contributed by atoms with Crippen molar-refractivity contribution in [3.05, 3.63) is 90.1 Å². The maximum atomic E-state index is 5.44. The number of nitrogens with one attached hydrogen (secondary N) is 1. The lowest BCUT2D eigenvalue weighted by atomic mass is 9.86. The van der Waals surface area contributed by atoms with Crippen LogP contribution < -0.4 is 10.1 Å². The van der Waals surface area contributed by atoms with E-state index in [2.05, 4.69) is 89.6 Å². The van der Waals surface area contributed by atoms with Crippen molar-refractivity contribution in [1.82, 2.24) is 4.57 Å². The summed E-state index contributed by atoms with van der Waals surface area (Å²) < 4.78 is 7.80. The minimum absolute atomic E-state index is 0.318. The Morgan fingerprint density at radius 3 is 2.46 bits per heavy atom. The molecule has 5 rings (SSSR count). The molecule has 3 aromatic carbocycles. The zero-order valence-electron chi connectivity index (χ0n) is 14.9. The Kier molecular flexibility index (Phi) is 3.13. The molecule has 26 heavy (non-hydrogen) atoms. The summed E-state index contributed by atoms with van der Waals surface area (Å²) in [5.41, 5.74) is 5.66. The highest BCUT2D eigenvalue weighted by molar-refractivity contribution is 5.88. The van der Waals surface area contributed by atoms with E-state index in [1.165, 1.54) is 27.8 Å². The lowest BCUT2D eigenvalue weighted by Crippen LogP contribution is -2.38. The third-order valence-corrected chi connectivity index (χ3v) is 5.40. The molecule has 1 aliphatic heterocycles. The van der Waals surface area contributed by atoms with E-state index in [4.69, 9.17) is 4.74 Å². The van der Waals surface area contributed by atoms with Crippen molar-refractivity contribution in [3.8, 4) is 11.4 Å². The van der Waals surface area contributed by atoms with Gasteiger partial charge in [0.15, 0.2) is 0 Å². The Morgan fingerprint density at radius 1 is 0.885 bits per heavy atom. The quantitative estimate of drug-likeness (QED) is 0.534. The van der Waals surface area contributed by atoms with Crippen LogP contribution in [0.4, 0.5) is 5.69 Å². The summed E-state index contributed by atoms with van der Waals surface area (Å²) in [7, 11) is 1.71.